The highest BCUT2D eigenvalue weighted by molar-refractivity contribution is 6.00. The van der Waals surface area contributed by atoms with Crippen molar-refractivity contribution in [1.82, 2.24) is 15.1 Å². The van der Waals surface area contributed by atoms with E-state index in [1.807, 2.05) is 46.7 Å². The summed E-state index contributed by atoms with van der Waals surface area (Å²) in [6.07, 6.45) is 0.222. The van der Waals surface area contributed by atoms with Gasteiger partial charge in [0.05, 0.1) is 23.9 Å². The van der Waals surface area contributed by atoms with E-state index in [2.05, 4.69) is 22.3 Å². The molecule has 0 aromatic carbocycles. The molecule has 296 valence electrons. The number of nitrogens with one attached hydrogen (secondary N) is 1. The third-order valence-corrected chi connectivity index (χ3v) is 11.9. The van der Waals surface area contributed by atoms with Crippen LogP contribution in [0.3, 0.4) is 0 Å². The predicted molar refractivity (Wildman–Crippen MR) is 193 cm³/mol. The van der Waals surface area contributed by atoms with Crippen molar-refractivity contribution in [2.75, 3.05) is 40.8 Å². The van der Waals surface area contributed by atoms with E-state index in [0.717, 1.165) is 12.8 Å². The zero-order valence-electron chi connectivity index (χ0n) is 32.9. The van der Waals surface area contributed by atoms with Gasteiger partial charge in [0.2, 0.25) is 0 Å². The second kappa shape index (κ2) is 17.7. The average Bonchev–Trinajstić information content (AvgIpc) is 3.91. The second-order valence-electron chi connectivity index (χ2n) is 16.3. The molecule has 1 saturated carbocycles. The van der Waals surface area contributed by atoms with Crippen LogP contribution in [-0.4, -0.2) is 134 Å². The molecule has 4 rings (SSSR count). The van der Waals surface area contributed by atoms with E-state index in [1.165, 1.54) is 6.92 Å². The van der Waals surface area contributed by atoms with Gasteiger partial charge in [-0.1, -0.05) is 25.9 Å². The Balaban J connectivity index is 1.73. The summed E-state index contributed by atoms with van der Waals surface area (Å²) in [4.78, 5) is 48.5. The maximum absolute atomic E-state index is 14.3. The Hall–Kier alpha value is -2.52. The quantitative estimate of drug-likeness (QED) is 0.0763. The highest BCUT2D eigenvalue weighted by atomic mass is 16.7. The third kappa shape index (κ3) is 9.22. The number of rotatable bonds is 11. The summed E-state index contributed by atoms with van der Waals surface area (Å²) in [5, 5.41) is 18.9. The molecule has 3 saturated heterocycles. The van der Waals surface area contributed by atoms with Gasteiger partial charge in [0, 0.05) is 43.1 Å². The van der Waals surface area contributed by atoms with Crippen molar-refractivity contribution in [1.29, 1.82) is 0 Å². The number of aliphatic hydroxyl groups excluding tert-OH is 1. The van der Waals surface area contributed by atoms with Crippen LogP contribution < -0.4 is 5.32 Å². The smallest absolute Gasteiger partial charge is 0.410 e. The molecular weight excluding hydrogens is 672 g/mol. The number of fused-ring (bicyclic) bond motifs is 1. The Labute approximate surface area is 309 Å². The number of methoxy groups -OCH3 is 1. The van der Waals surface area contributed by atoms with E-state index in [1.54, 1.807) is 18.9 Å². The lowest BCUT2D eigenvalue weighted by atomic mass is 9.78. The van der Waals surface area contributed by atoms with E-state index in [9.17, 15) is 19.5 Å². The fourth-order valence-corrected chi connectivity index (χ4v) is 8.78. The summed E-state index contributed by atoms with van der Waals surface area (Å²) in [5.41, 5.74) is 6.49. The first-order valence-corrected chi connectivity index (χ1v) is 19.2. The zero-order valence-corrected chi connectivity index (χ0v) is 32.9. The van der Waals surface area contributed by atoms with Crippen LogP contribution in [0.5, 0.6) is 0 Å². The molecule has 3 heterocycles. The van der Waals surface area contributed by atoms with Crippen molar-refractivity contribution in [3.63, 3.8) is 0 Å². The van der Waals surface area contributed by atoms with E-state index < -0.39 is 65.7 Å². The highest BCUT2D eigenvalue weighted by Gasteiger charge is 2.61. The number of ketones is 1. The topological polar surface area (TPSA) is 185 Å². The first kappa shape index (κ1) is 42.2. The van der Waals surface area contributed by atoms with Crippen LogP contribution in [0, 0.1) is 23.7 Å². The summed E-state index contributed by atoms with van der Waals surface area (Å²) in [7, 11) is 5.40. The molecule has 0 radical (unpaired) electrons. The summed E-state index contributed by atoms with van der Waals surface area (Å²) >= 11 is 0. The molecule has 13 atom stereocenters. The molecule has 0 spiro atoms. The van der Waals surface area contributed by atoms with Crippen LogP contribution in [0.4, 0.5) is 4.79 Å². The Bertz CT molecular complexity index is 1300. The van der Waals surface area contributed by atoms with Crippen LogP contribution in [-0.2, 0) is 33.3 Å². The van der Waals surface area contributed by atoms with Gasteiger partial charge < -0.3 is 39.0 Å². The zero-order chi connectivity index (χ0) is 38.5. The van der Waals surface area contributed by atoms with Crippen LogP contribution in [0.2, 0.25) is 0 Å². The van der Waals surface area contributed by atoms with Crippen LogP contribution in [0.25, 0.3) is 10.4 Å². The SMILES string of the molecule is CC[C@H]1OC(=O)[C@H](C)C(=O)[C@H](C)[C@@H](O[C@@H]2O[C@H](C)CC(N(C)C)[C@H]2O)[C@](C)(OC)C[C@@H](C)CN[C@H](C2CC2)[C@H]2N(CCCCN=[N+]=[N-])C(=O)O[C@]12C. The number of hydrogen-bond donors (Lipinski definition) is 2. The van der Waals surface area contributed by atoms with Gasteiger partial charge in [-0.05, 0) is 111 Å². The highest BCUT2D eigenvalue weighted by Crippen LogP contribution is 2.45. The normalized spacial score (nSPS) is 41.0. The number of nitrogens with zero attached hydrogens (tertiary/aromatic N) is 5. The summed E-state index contributed by atoms with van der Waals surface area (Å²) < 4.78 is 31.5. The van der Waals surface area contributed by atoms with Crippen molar-refractivity contribution in [2.45, 2.75) is 153 Å². The summed E-state index contributed by atoms with van der Waals surface area (Å²) in [6, 6.07) is -0.852. The Kier molecular flexibility index (Phi) is 14.4. The monoisotopic (exact) mass is 736 g/mol. The van der Waals surface area contributed by atoms with Gasteiger partial charge in [-0.15, -0.1) is 0 Å². The van der Waals surface area contributed by atoms with E-state index >= 15 is 0 Å². The standard InChI is InChI=1S/C37H64N6O9/c1-11-27-37(7)31(43(35(47)52-37)17-13-12-16-40-41-38)28(25-14-15-25)39-20-21(2)19-36(6,48-10)32(23(4)29(44)24(5)33(46)50-27)51-34-30(45)26(42(8)9)18-22(3)49-34/h21-28,30-32,34,39,45H,11-20H2,1-10H3/t21-,22-,23+,24-,26?,27-,28-,30-,31-,32-,34+,36-,37-/m1/s1. The lowest BCUT2D eigenvalue weighted by Gasteiger charge is -2.46. The van der Waals surface area contributed by atoms with Gasteiger partial charge in [-0.2, -0.15) is 0 Å². The number of esters is 1. The van der Waals surface area contributed by atoms with Crippen LogP contribution >= 0.6 is 0 Å². The van der Waals surface area contributed by atoms with Crippen molar-refractivity contribution >= 4 is 17.8 Å². The van der Waals surface area contributed by atoms with Gasteiger partial charge in [0.15, 0.2) is 17.7 Å². The molecule has 1 aliphatic carbocycles. The lowest BCUT2D eigenvalue weighted by Crippen LogP contribution is -2.62. The number of carbonyl (C=O) groups is 3. The molecule has 15 heteroatoms. The van der Waals surface area contributed by atoms with Crippen LogP contribution in [0.1, 0.15) is 93.4 Å². The van der Waals surface area contributed by atoms with Crippen molar-refractivity contribution in [3.8, 4) is 0 Å². The van der Waals surface area contributed by atoms with Gasteiger partial charge in [0.25, 0.3) is 0 Å². The Morgan fingerprint density at radius 2 is 1.83 bits per heavy atom. The number of azide groups is 1. The molecule has 1 unspecified atom stereocenters. The number of cyclic esters (lactones) is 1. The summed E-state index contributed by atoms with van der Waals surface area (Å²) in [5.74, 6) is -2.83. The predicted octanol–water partition coefficient (Wildman–Crippen LogP) is 4.44. The number of likely N-dealkylation sites (N-methyl/N-ethyl adjacent to an activating group) is 1. The second-order valence-corrected chi connectivity index (χ2v) is 16.3. The number of amides is 1. The van der Waals surface area contributed by atoms with Crippen molar-refractivity contribution < 1.29 is 43.2 Å². The fraction of sp³-hybridized carbons (Fsp3) is 0.919. The lowest BCUT2D eigenvalue weighted by molar-refractivity contribution is -0.295. The molecule has 4 aliphatic rings. The van der Waals surface area contributed by atoms with Gasteiger partial charge in [0.1, 0.15) is 18.1 Å². The van der Waals surface area contributed by atoms with Crippen molar-refractivity contribution in [2.24, 2.45) is 28.8 Å². The van der Waals surface area contributed by atoms with E-state index in [4.69, 9.17) is 29.2 Å². The molecule has 52 heavy (non-hydrogen) atoms. The Morgan fingerprint density at radius 1 is 1.13 bits per heavy atom. The molecule has 0 aromatic heterocycles. The van der Waals surface area contributed by atoms with E-state index in [0.29, 0.717) is 51.7 Å². The molecule has 0 aromatic rings. The number of unbranched alkanes of at least 4 members (excludes halogenated alkanes) is 1. The number of hydrogen-bond acceptors (Lipinski definition) is 12. The first-order chi connectivity index (χ1) is 24.5. The number of aliphatic hydroxyl groups is 1. The molecule has 0 bridgehead atoms. The minimum Gasteiger partial charge on any atom is -0.458 e. The van der Waals surface area contributed by atoms with Gasteiger partial charge in [-0.25, -0.2) is 4.79 Å². The van der Waals surface area contributed by atoms with Crippen molar-refractivity contribution in [3.05, 3.63) is 10.4 Å². The third-order valence-electron chi connectivity index (χ3n) is 11.9. The maximum Gasteiger partial charge on any atom is 0.410 e. The number of ether oxygens (including phenoxy) is 5. The van der Waals surface area contributed by atoms with Gasteiger partial charge in [-0.3, -0.25) is 14.5 Å². The maximum atomic E-state index is 14.3. The molecule has 4 fully saturated rings. The van der Waals surface area contributed by atoms with E-state index in [-0.39, 0.29) is 35.8 Å². The Morgan fingerprint density at radius 3 is 2.42 bits per heavy atom. The molecule has 15 nitrogen and oxygen atoms in total. The number of Topliss-reactive ketones (excluding diaryl/α,β-unsaturated/α-hetero) is 1. The van der Waals surface area contributed by atoms with Crippen LogP contribution in [0.15, 0.2) is 5.11 Å². The average molecular weight is 737 g/mol. The minimum absolute atomic E-state index is 0.00854. The summed E-state index contributed by atoms with van der Waals surface area (Å²) in [6.45, 7) is 14.2. The molecular formula is C37H64N6O9. The fourth-order valence-electron chi connectivity index (χ4n) is 8.78. The minimum atomic E-state index is -1.20. The largest absolute Gasteiger partial charge is 0.458 e. The first-order valence-electron chi connectivity index (χ1n) is 19.2. The molecule has 2 N–H and O–H groups in total. The van der Waals surface area contributed by atoms with Gasteiger partial charge >= 0.3 is 12.1 Å². The number of carbonyl (C=O) groups excluding carboxylic acids is 3. The molecule has 3 aliphatic heterocycles. The molecule has 1 amide bonds.